The van der Waals surface area contributed by atoms with Crippen LogP contribution in [0.25, 0.3) is 134 Å². The molecule has 0 spiro atoms. The van der Waals surface area contributed by atoms with Gasteiger partial charge in [0.25, 0.3) is 0 Å². The molecule has 0 saturated carbocycles. The van der Waals surface area contributed by atoms with Crippen molar-refractivity contribution in [1.82, 2.24) is 0 Å². The van der Waals surface area contributed by atoms with Crippen LogP contribution in [0.2, 0.25) is 0 Å². The first-order chi connectivity index (χ1) is 47.6. The first-order valence-corrected chi connectivity index (χ1v) is 32.9. The van der Waals surface area contributed by atoms with Crippen LogP contribution in [0.1, 0.15) is 7.43 Å². The van der Waals surface area contributed by atoms with E-state index < -0.39 is 0 Å². The highest BCUT2D eigenvalue weighted by molar-refractivity contribution is 5.79. The topological polar surface area (TPSA) is 0 Å². The molecule has 0 nitrogen and oxygen atoms in total. The Labute approximate surface area is 574 Å². The normalized spacial score (nSPS) is 10.4. The average molecular weight is 1240 g/mol. The molecular weight excluding hydrogens is 1170 g/mol. The summed E-state index contributed by atoms with van der Waals surface area (Å²) >= 11 is 0. The number of hydrogen-bond donors (Lipinski definition) is 0. The lowest BCUT2D eigenvalue weighted by atomic mass is 9.96. The summed E-state index contributed by atoms with van der Waals surface area (Å²) in [5.41, 5.74) is 29.8. The van der Waals surface area contributed by atoms with Crippen LogP contribution in [-0.4, -0.2) is 0 Å². The van der Waals surface area contributed by atoms with Crippen LogP contribution in [-0.2, 0) is 0 Å². The van der Waals surface area contributed by atoms with Crippen molar-refractivity contribution >= 4 is 0 Å². The maximum absolute atomic E-state index is 2.22. The van der Waals surface area contributed by atoms with Crippen LogP contribution in [0.3, 0.4) is 0 Å². The summed E-state index contributed by atoms with van der Waals surface area (Å²) in [6.45, 7) is 0. The highest BCUT2D eigenvalue weighted by Gasteiger charge is 2.08. The second kappa shape index (κ2) is 32.9. The second-order valence-corrected chi connectivity index (χ2v) is 23.5. The summed E-state index contributed by atoms with van der Waals surface area (Å²) in [7, 11) is 0. The molecule has 0 saturated heterocycles. The molecule has 0 heterocycles. The van der Waals surface area contributed by atoms with E-state index in [2.05, 4.69) is 413 Å². The Balaban J connectivity index is 0.000000140. The molecule has 0 N–H and O–H groups in total. The van der Waals surface area contributed by atoms with Crippen LogP contribution in [0.4, 0.5) is 0 Å². The van der Waals surface area contributed by atoms with Crippen LogP contribution < -0.4 is 0 Å². The van der Waals surface area contributed by atoms with Gasteiger partial charge in [-0.2, -0.15) is 0 Å². The van der Waals surface area contributed by atoms with Gasteiger partial charge < -0.3 is 0 Å². The fourth-order valence-corrected chi connectivity index (χ4v) is 11.9. The van der Waals surface area contributed by atoms with E-state index in [-0.39, 0.29) is 7.43 Å². The molecule has 0 heteroatoms. The first-order valence-electron chi connectivity index (χ1n) is 32.9. The van der Waals surface area contributed by atoms with Gasteiger partial charge in [-0.25, -0.2) is 0 Å². The summed E-state index contributed by atoms with van der Waals surface area (Å²) in [5, 5.41) is 0. The molecule has 0 radical (unpaired) electrons. The van der Waals surface area contributed by atoms with Gasteiger partial charge >= 0.3 is 0 Å². The fraction of sp³-hybridized carbons (Fsp3) is 0.0103. The van der Waals surface area contributed by atoms with Crippen molar-refractivity contribution in [2.75, 3.05) is 0 Å². The minimum absolute atomic E-state index is 0. The Morgan fingerprint density at radius 2 is 0.113 bits per heavy atom. The molecule has 0 fully saturated rings. The molecule has 0 aliphatic heterocycles. The van der Waals surface area contributed by atoms with E-state index in [1.54, 1.807) is 0 Å². The fourth-order valence-electron chi connectivity index (χ4n) is 11.9. The Kier molecular flexibility index (Phi) is 21.9. The van der Waals surface area contributed by atoms with Crippen LogP contribution in [0, 0.1) is 0 Å². The third kappa shape index (κ3) is 17.2. The minimum atomic E-state index is 0. The van der Waals surface area contributed by atoms with Gasteiger partial charge in [-0.15, -0.1) is 0 Å². The van der Waals surface area contributed by atoms with Gasteiger partial charge in [0.2, 0.25) is 0 Å². The van der Waals surface area contributed by atoms with Crippen molar-refractivity contribution in [3.63, 3.8) is 0 Å². The van der Waals surface area contributed by atoms with Gasteiger partial charge in [0.05, 0.1) is 0 Å². The lowest BCUT2D eigenvalue weighted by Crippen LogP contribution is -1.84. The molecular formula is C97H76. The van der Waals surface area contributed by atoms with Crippen molar-refractivity contribution in [1.29, 1.82) is 0 Å². The van der Waals surface area contributed by atoms with E-state index in [0.29, 0.717) is 0 Å². The van der Waals surface area contributed by atoms with E-state index in [1.165, 1.54) is 134 Å². The number of rotatable bonds is 12. The van der Waals surface area contributed by atoms with Gasteiger partial charge in [-0.3, -0.25) is 0 Å². The molecule has 0 bridgehead atoms. The van der Waals surface area contributed by atoms with Crippen molar-refractivity contribution in [2.24, 2.45) is 0 Å². The molecule has 464 valence electrons. The maximum atomic E-state index is 2.22. The molecule has 0 atom stereocenters. The van der Waals surface area contributed by atoms with E-state index in [1.807, 2.05) is 24.3 Å². The van der Waals surface area contributed by atoms with Crippen molar-refractivity contribution in [2.45, 2.75) is 7.43 Å². The van der Waals surface area contributed by atoms with Crippen molar-refractivity contribution < 1.29 is 0 Å². The predicted octanol–water partition coefficient (Wildman–Crippen LogP) is 27.4. The third-order valence-electron chi connectivity index (χ3n) is 17.3. The Morgan fingerprint density at radius 1 is 0.0619 bits per heavy atom. The summed E-state index contributed by atoms with van der Waals surface area (Å²) in [5.74, 6) is 0. The van der Waals surface area contributed by atoms with Crippen molar-refractivity contribution in [3.05, 3.63) is 437 Å². The highest BCUT2D eigenvalue weighted by Crippen LogP contribution is 2.33. The second-order valence-electron chi connectivity index (χ2n) is 23.5. The molecule has 0 aromatic heterocycles. The minimum Gasteiger partial charge on any atom is -0.0776 e. The van der Waals surface area contributed by atoms with Crippen molar-refractivity contribution in [3.8, 4) is 134 Å². The Hall–Kier alpha value is -12.5. The van der Waals surface area contributed by atoms with Gasteiger partial charge in [0.15, 0.2) is 0 Å². The largest absolute Gasteiger partial charge is 0.0776 e. The van der Waals surface area contributed by atoms with Crippen LogP contribution >= 0.6 is 0 Å². The number of hydrogen-bond acceptors (Lipinski definition) is 0. The van der Waals surface area contributed by atoms with Crippen LogP contribution in [0.5, 0.6) is 0 Å². The van der Waals surface area contributed by atoms with Crippen LogP contribution in [0.15, 0.2) is 437 Å². The van der Waals surface area contributed by atoms with E-state index >= 15 is 0 Å². The molecule has 0 aliphatic rings. The highest BCUT2D eigenvalue weighted by atomic mass is 14.1. The predicted molar refractivity (Wildman–Crippen MR) is 418 cm³/mol. The van der Waals surface area contributed by atoms with E-state index in [9.17, 15) is 0 Å². The summed E-state index contributed by atoms with van der Waals surface area (Å²) in [4.78, 5) is 0. The molecule has 0 aliphatic carbocycles. The zero-order chi connectivity index (χ0) is 64.8. The SMILES string of the molecule is C.c1ccc(-c2ccc(-c3ccc(-c4ccc(-c5ccc(-c6ccc(-c7ccccc7)cc6)cc5)cc4)cc3)cc2)cc1.c1ccc(-c2ccc(-c3ccc(-c4ccc(-c5ccccc5)cc4)cc3)cc2)cc1.c1ccc(-c2ccccc2)cc1.c1ccc(-c2ccccc2)cc1. The average Bonchev–Trinajstić information content (AvgIpc) is 1.21. The summed E-state index contributed by atoms with van der Waals surface area (Å²) in [6.07, 6.45) is 0. The summed E-state index contributed by atoms with van der Waals surface area (Å²) in [6, 6.07) is 154. The Bertz CT molecular complexity index is 4510. The number of benzene rings is 16. The molecule has 0 amide bonds. The third-order valence-corrected chi connectivity index (χ3v) is 17.3. The maximum Gasteiger partial charge on any atom is -0.0184 e. The van der Waals surface area contributed by atoms with E-state index in [4.69, 9.17) is 0 Å². The Morgan fingerprint density at radius 3 is 0.175 bits per heavy atom. The van der Waals surface area contributed by atoms with Gasteiger partial charge in [-0.1, -0.05) is 444 Å². The van der Waals surface area contributed by atoms with Gasteiger partial charge in [-0.05, 0) is 134 Å². The zero-order valence-corrected chi connectivity index (χ0v) is 53.6. The monoisotopic (exact) mass is 1240 g/mol. The smallest absolute Gasteiger partial charge is 0.0184 e. The molecule has 16 aromatic rings. The summed E-state index contributed by atoms with van der Waals surface area (Å²) < 4.78 is 0. The van der Waals surface area contributed by atoms with E-state index in [0.717, 1.165) is 0 Å². The molecule has 16 aromatic carbocycles. The first kappa shape index (κ1) is 64.6. The lowest BCUT2D eigenvalue weighted by molar-refractivity contribution is 1.56. The quantitative estimate of drug-likeness (QED) is 0.114. The standard InChI is InChI=1S/C42H30.C30H22.2C12H10.CH4/c1-3-7-31(8-4-1)33-11-15-35(16-12-33)37-19-23-39(24-20-37)41-27-29-42(30-28-41)40-25-21-38(22-26-40)36-17-13-34(14-18-36)32-9-5-2-6-10-32;1-3-7-23(8-4-1)25-11-15-27(16-12-25)29-19-21-30(22-20-29)28-17-13-26(14-18-28)24-9-5-2-6-10-24;2*1-3-7-11(8-4-1)12-9-5-2-6-10-12;/h1-30H;1-22H;2*1-10H;1H4. The van der Waals surface area contributed by atoms with Gasteiger partial charge in [0, 0.05) is 0 Å². The van der Waals surface area contributed by atoms with Gasteiger partial charge in [0.1, 0.15) is 0 Å². The molecule has 97 heavy (non-hydrogen) atoms. The molecule has 0 unspecified atom stereocenters. The zero-order valence-electron chi connectivity index (χ0n) is 53.6. The molecule has 16 rings (SSSR count). The lowest BCUT2D eigenvalue weighted by Gasteiger charge is -2.09.